The molecule has 2 aromatic carbocycles. The Morgan fingerprint density at radius 3 is 2.83 bits per heavy atom. The van der Waals surface area contributed by atoms with E-state index in [0.29, 0.717) is 5.69 Å². The molecule has 2 nitrogen and oxygen atoms in total. The van der Waals surface area contributed by atoms with Gasteiger partial charge in [-0.25, -0.2) is 0 Å². The van der Waals surface area contributed by atoms with Gasteiger partial charge in [0.05, 0.1) is 5.69 Å². The van der Waals surface area contributed by atoms with Crippen LogP contribution in [0.1, 0.15) is 0 Å². The van der Waals surface area contributed by atoms with Crippen LogP contribution in [0, 0.1) is 6.07 Å². The first-order valence-corrected chi connectivity index (χ1v) is 3.67. The van der Waals surface area contributed by atoms with Gasteiger partial charge in [0.15, 0.2) is 0 Å². The van der Waals surface area contributed by atoms with Crippen molar-refractivity contribution < 1.29 is 5.11 Å². The van der Waals surface area contributed by atoms with Gasteiger partial charge in [0.1, 0.15) is 5.75 Å². The maximum absolute atomic E-state index is 9.24. The molecule has 2 aromatic rings. The molecule has 0 atom stereocenters. The summed E-state index contributed by atoms with van der Waals surface area (Å²) >= 11 is 0. The molecule has 0 spiro atoms. The van der Waals surface area contributed by atoms with Crippen molar-refractivity contribution in [2.75, 3.05) is 5.73 Å². The number of hydrogen-bond acceptors (Lipinski definition) is 2. The number of fused-ring (bicyclic) bond motifs is 1. The molecule has 0 amide bonds. The minimum atomic E-state index is 0.0219. The number of hydrogen-bond donors (Lipinski definition) is 2. The molecule has 0 fully saturated rings. The third kappa shape index (κ3) is 0.975. The van der Waals surface area contributed by atoms with Crippen LogP contribution in [0.15, 0.2) is 30.3 Å². The van der Waals surface area contributed by atoms with Crippen LogP contribution in [0.4, 0.5) is 5.69 Å². The lowest BCUT2D eigenvalue weighted by molar-refractivity contribution is 0.477. The monoisotopic (exact) mass is 158 g/mol. The average molecular weight is 158 g/mol. The fourth-order valence-corrected chi connectivity index (χ4v) is 1.17. The molecule has 59 valence electrons. The number of phenols is 1. The molecule has 2 heteroatoms. The highest BCUT2D eigenvalue weighted by atomic mass is 16.3. The van der Waals surface area contributed by atoms with Crippen molar-refractivity contribution in [1.82, 2.24) is 0 Å². The number of anilines is 1. The van der Waals surface area contributed by atoms with E-state index in [0.717, 1.165) is 10.8 Å². The molecule has 0 aliphatic rings. The summed E-state index contributed by atoms with van der Waals surface area (Å²) in [4.78, 5) is 0. The van der Waals surface area contributed by atoms with E-state index in [9.17, 15) is 5.11 Å². The van der Waals surface area contributed by atoms with E-state index in [1.807, 2.05) is 24.3 Å². The van der Waals surface area contributed by atoms with E-state index in [2.05, 4.69) is 6.07 Å². The zero-order valence-electron chi connectivity index (χ0n) is 6.41. The van der Waals surface area contributed by atoms with Gasteiger partial charge in [-0.05, 0) is 16.8 Å². The Balaban J connectivity index is 2.84. The summed E-state index contributed by atoms with van der Waals surface area (Å²) in [7, 11) is 0. The lowest BCUT2D eigenvalue weighted by Crippen LogP contribution is -1.85. The molecule has 0 aliphatic heterocycles. The third-order valence-electron chi connectivity index (χ3n) is 1.80. The van der Waals surface area contributed by atoms with E-state index in [-0.39, 0.29) is 5.75 Å². The molecular weight excluding hydrogens is 150 g/mol. The Kier molecular flexibility index (Phi) is 1.40. The third-order valence-corrected chi connectivity index (χ3v) is 1.80. The highest BCUT2D eigenvalue weighted by Crippen LogP contribution is 2.25. The smallest absolute Gasteiger partial charge is 0.147 e. The van der Waals surface area contributed by atoms with Gasteiger partial charge in [-0.2, -0.15) is 0 Å². The lowest BCUT2D eigenvalue weighted by atomic mass is 10.1. The quantitative estimate of drug-likeness (QED) is 0.454. The summed E-state index contributed by atoms with van der Waals surface area (Å²) in [5, 5.41) is 11.1. The van der Waals surface area contributed by atoms with E-state index >= 15 is 0 Å². The summed E-state index contributed by atoms with van der Waals surface area (Å²) in [6, 6.07) is 12.2. The second kappa shape index (κ2) is 2.41. The maximum Gasteiger partial charge on any atom is 0.147 e. The highest BCUT2D eigenvalue weighted by molar-refractivity contribution is 5.87. The summed E-state index contributed by atoms with van der Waals surface area (Å²) in [5.74, 6) is 0.0219. The van der Waals surface area contributed by atoms with Gasteiger partial charge in [0.25, 0.3) is 0 Å². The van der Waals surface area contributed by atoms with Crippen LogP contribution in [-0.4, -0.2) is 5.11 Å². The molecule has 0 bridgehead atoms. The Bertz CT molecular complexity index is 383. The van der Waals surface area contributed by atoms with Crippen LogP contribution in [0.5, 0.6) is 5.75 Å². The maximum atomic E-state index is 9.24. The number of benzene rings is 2. The fourth-order valence-electron chi connectivity index (χ4n) is 1.17. The number of rotatable bonds is 0. The zero-order valence-corrected chi connectivity index (χ0v) is 6.41. The first kappa shape index (κ1) is 6.98. The molecule has 0 aromatic heterocycles. The SMILES string of the molecule is Nc1cc2ccccc2[c]c1O. The van der Waals surface area contributed by atoms with Crippen LogP contribution in [0.2, 0.25) is 0 Å². The van der Waals surface area contributed by atoms with Crippen molar-refractivity contribution in [1.29, 1.82) is 0 Å². The summed E-state index contributed by atoms with van der Waals surface area (Å²) in [6.45, 7) is 0. The van der Waals surface area contributed by atoms with Crippen LogP contribution >= 0.6 is 0 Å². The van der Waals surface area contributed by atoms with Crippen LogP contribution in [-0.2, 0) is 0 Å². The van der Waals surface area contributed by atoms with Gasteiger partial charge in [0.2, 0.25) is 0 Å². The first-order chi connectivity index (χ1) is 5.77. The van der Waals surface area contributed by atoms with Crippen LogP contribution in [0.3, 0.4) is 0 Å². The van der Waals surface area contributed by atoms with Crippen LogP contribution < -0.4 is 5.73 Å². The molecule has 2 rings (SSSR count). The minimum Gasteiger partial charge on any atom is -0.505 e. The predicted octanol–water partition coefficient (Wildman–Crippen LogP) is 1.93. The molecule has 0 aliphatic carbocycles. The standard InChI is InChI=1S/C10H8NO/c11-9-5-7-3-1-2-4-8(7)6-10(9)12/h1-5,12H,11H2. The predicted molar refractivity (Wildman–Crippen MR) is 48.9 cm³/mol. The molecular formula is C10H8NO. The van der Waals surface area contributed by atoms with E-state index < -0.39 is 0 Å². The molecule has 1 radical (unpaired) electrons. The molecule has 0 heterocycles. The number of nitrogen functional groups attached to an aromatic ring is 1. The molecule has 3 N–H and O–H groups in total. The topological polar surface area (TPSA) is 46.2 Å². The first-order valence-electron chi connectivity index (χ1n) is 3.67. The Morgan fingerprint density at radius 2 is 2.00 bits per heavy atom. The summed E-state index contributed by atoms with van der Waals surface area (Å²) in [5.41, 5.74) is 5.87. The minimum absolute atomic E-state index is 0.0219. The van der Waals surface area contributed by atoms with E-state index in [4.69, 9.17) is 5.73 Å². The molecule has 0 unspecified atom stereocenters. The Labute approximate surface area is 70.2 Å². The molecule has 0 saturated carbocycles. The zero-order chi connectivity index (χ0) is 8.55. The van der Waals surface area contributed by atoms with Crippen molar-refractivity contribution in [3.05, 3.63) is 36.4 Å². The number of phenolic OH excluding ortho intramolecular Hbond substituents is 1. The van der Waals surface area contributed by atoms with Crippen molar-refractivity contribution in [2.45, 2.75) is 0 Å². The normalized spacial score (nSPS) is 10.3. The largest absolute Gasteiger partial charge is 0.505 e. The van der Waals surface area contributed by atoms with E-state index in [1.54, 1.807) is 6.07 Å². The van der Waals surface area contributed by atoms with Crippen molar-refractivity contribution >= 4 is 16.5 Å². The van der Waals surface area contributed by atoms with Gasteiger partial charge in [-0.15, -0.1) is 0 Å². The van der Waals surface area contributed by atoms with Gasteiger partial charge in [-0.3, -0.25) is 0 Å². The second-order valence-corrected chi connectivity index (χ2v) is 2.66. The van der Waals surface area contributed by atoms with Crippen molar-refractivity contribution in [2.24, 2.45) is 0 Å². The van der Waals surface area contributed by atoms with Crippen molar-refractivity contribution in [3.63, 3.8) is 0 Å². The number of nitrogens with two attached hydrogens (primary N) is 1. The fraction of sp³-hybridized carbons (Fsp3) is 0. The second-order valence-electron chi connectivity index (χ2n) is 2.66. The van der Waals surface area contributed by atoms with Gasteiger partial charge < -0.3 is 10.8 Å². The molecule has 12 heavy (non-hydrogen) atoms. The lowest BCUT2D eigenvalue weighted by Gasteiger charge is -2.00. The number of aromatic hydroxyl groups is 1. The summed E-state index contributed by atoms with van der Waals surface area (Å²) < 4.78 is 0. The van der Waals surface area contributed by atoms with E-state index in [1.165, 1.54) is 0 Å². The van der Waals surface area contributed by atoms with Gasteiger partial charge >= 0.3 is 0 Å². The van der Waals surface area contributed by atoms with Crippen molar-refractivity contribution in [3.8, 4) is 5.75 Å². The Hall–Kier alpha value is -1.70. The van der Waals surface area contributed by atoms with Crippen LogP contribution in [0.25, 0.3) is 10.8 Å². The summed E-state index contributed by atoms with van der Waals surface area (Å²) in [6.07, 6.45) is 0. The average Bonchev–Trinajstić information content (AvgIpc) is 2.07. The Morgan fingerprint density at radius 1 is 1.25 bits per heavy atom. The van der Waals surface area contributed by atoms with Gasteiger partial charge in [0, 0.05) is 6.07 Å². The highest BCUT2D eigenvalue weighted by Gasteiger charge is 1.98. The van der Waals surface area contributed by atoms with Gasteiger partial charge in [-0.1, -0.05) is 24.3 Å². The molecule has 0 saturated heterocycles.